The van der Waals surface area contributed by atoms with Gasteiger partial charge in [0.15, 0.2) is 0 Å². The van der Waals surface area contributed by atoms with Crippen LogP contribution in [0.5, 0.6) is 0 Å². The molecule has 88 valence electrons. The predicted octanol–water partition coefficient (Wildman–Crippen LogP) is 0.0451. The number of ether oxygens (including phenoxy) is 1. The number of amides is 1. The van der Waals surface area contributed by atoms with Gasteiger partial charge < -0.3 is 16.2 Å². The summed E-state index contributed by atoms with van der Waals surface area (Å²) in [5, 5.41) is 0. The standard InChI is InChI=1S/C10H16N4O2/c1-3-16-5-4-7-13-6(2)8(10(12)15)9(11)14-7/h3-5H2,1-2H3,(H2,12,15)(H2,11,13,14). The molecule has 1 aromatic heterocycles. The number of carbonyl (C=O) groups is 1. The van der Waals surface area contributed by atoms with Crippen LogP contribution in [0.4, 0.5) is 5.82 Å². The topological polar surface area (TPSA) is 104 Å². The van der Waals surface area contributed by atoms with Crippen LogP contribution in [0.25, 0.3) is 0 Å². The number of anilines is 1. The number of nitrogen functional groups attached to an aromatic ring is 1. The van der Waals surface area contributed by atoms with E-state index >= 15 is 0 Å². The Morgan fingerprint density at radius 1 is 1.44 bits per heavy atom. The van der Waals surface area contributed by atoms with Gasteiger partial charge in [-0.05, 0) is 13.8 Å². The summed E-state index contributed by atoms with van der Waals surface area (Å²) in [6, 6.07) is 0. The summed E-state index contributed by atoms with van der Waals surface area (Å²) in [5.41, 5.74) is 11.5. The predicted molar refractivity (Wildman–Crippen MR) is 59.9 cm³/mol. The summed E-state index contributed by atoms with van der Waals surface area (Å²) >= 11 is 0. The fourth-order valence-electron chi connectivity index (χ4n) is 1.38. The van der Waals surface area contributed by atoms with Crippen LogP contribution in [-0.4, -0.2) is 29.1 Å². The molecule has 0 fully saturated rings. The zero-order valence-electron chi connectivity index (χ0n) is 9.49. The first-order valence-electron chi connectivity index (χ1n) is 5.06. The maximum absolute atomic E-state index is 11.1. The van der Waals surface area contributed by atoms with Crippen LogP contribution in [0.2, 0.25) is 0 Å². The van der Waals surface area contributed by atoms with Crippen LogP contribution in [0.15, 0.2) is 0 Å². The molecule has 0 aliphatic rings. The molecule has 0 spiro atoms. The second kappa shape index (κ2) is 5.41. The van der Waals surface area contributed by atoms with E-state index in [2.05, 4.69) is 9.97 Å². The van der Waals surface area contributed by atoms with Crippen LogP contribution in [0.1, 0.15) is 28.8 Å². The van der Waals surface area contributed by atoms with Gasteiger partial charge in [0.1, 0.15) is 17.2 Å². The van der Waals surface area contributed by atoms with Crippen LogP contribution >= 0.6 is 0 Å². The van der Waals surface area contributed by atoms with Gasteiger partial charge in [0.25, 0.3) is 5.91 Å². The van der Waals surface area contributed by atoms with Gasteiger partial charge in [-0.3, -0.25) is 4.79 Å². The van der Waals surface area contributed by atoms with Gasteiger partial charge in [-0.1, -0.05) is 0 Å². The molecule has 0 aliphatic carbocycles. The maximum Gasteiger partial charge on any atom is 0.254 e. The lowest BCUT2D eigenvalue weighted by molar-refractivity contribution is 0.1000. The average molecular weight is 224 g/mol. The van der Waals surface area contributed by atoms with E-state index in [0.717, 1.165) is 0 Å². The van der Waals surface area contributed by atoms with Crippen molar-refractivity contribution < 1.29 is 9.53 Å². The van der Waals surface area contributed by atoms with Crippen LogP contribution in [0, 0.1) is 6.92 Å². The Morgan fingerprint density at radius 2 is 2.12 bits per heavy atom. The van der Waals surface area contributed by atoms with E-state index in [4.69, 9.17) is 16.2 Å². The summed E-state index contributed by atoms with van der Waals surface area (Å²) in [6.45, 7) is 4.78. The Hall–Kier alpha value is -1.69. The number of primary amides is 1. The molecule has 0 aliphatic heterocycles. The van der Waals surface area contributed by atoms with E-state index in [-0.39, 0.29) is 11.4 Å². The summed E-state index contributed by atoms with van der Waals surface area (Å²) in [6.07, 6.45) is 0.567. The molecule has 6 nitrogen and oxygen atoms in total. The summed E-state index contributed by atoms with van der Waals surface area (Å²) < 4.78 is 5.18. The third-order valence-corrected chi connectivity index (χ3v) is 2.08. The normalized spacial score (nSPS) is 10.4. The van der Waals surface area contributed by atoms with Gasteiger partial charge in [-0.15, -0.1) is 0 Å². The molecule has 4 N–H and O–H groups in total. The maximum atomic E-state index is 11.1. The van der Waals surface area contributed by atoms with Crippen molar-refractivity contribution in [1.82, 2.24) is 9.97 Å². The third-order valence-electron chi connectivity index (χ3n) is 2.08. The number of aromatic nitrogens is 2. The third kappa shape index (κ3) is 2.90. The highest BCUT2D eigenvalue weighted by molar-refractivity contribution is 5.98. The van der Waals surface area contributed by atoms with Crippen LogP contribution < -0.4 is 11.5 Å². The molecule has 0 aromatic carbocycles. The number of nitrogens with zero attached hydrogens (tertiary/aromatic N) is 2. The monoisotopic (exact) mass is 224 g/mol. The lowest BCUT2D eigenvalue weighted by Crippen LogP contribution is -2.19. The Labute approximate surface area is 94.0 Å². The number of rotatable bonds is 5. The second-order valence-corrected chi connectivity index (χ2v) is 3.30. The Balaban J connectivity index is 2.87. The first-order valence-corrected chi connectivity index (χ1v) is 5.06. The fourth-order valence-corrected chi connectivity index (χ4v) is 1.38. The smallest absolute Gasteiger partial charge is 0.254 e. The van der Waals surface area contributed by atoms with Crippen molar-refractivity contribution >= 4 is 11.7 Å². The first kappa shape index (κ1) is 12.4. The minimum Gasteiger partial charge on any atom is -0.383 e. The number of nitrogens with two attached hydrogens (primary N) is 2. The number of hydrogen-bond donors (Lipinski definition) is 2. The van der Waals surface area contributed by atoms with E-state index in [9.17, 15) is 4.79 Å². The highest BCUT2D eigenvalue weighted by atomic mass is 16.5. The van der Waals surface area contributed by atoms with Gasteiger partial charge >= 0.3 is 0 Å². The molecule has 0 unspecified atom stereocenters. The minimum absolute atomic E-state index is 0.131. The number of hydrogen-bond acceptors (Lipinski definition) is 5. The van der Waals surface area contributed by atoms with Gasteiger partial charge in [-0.2, -0.15) is 0 Å². The van der Waals surface area contributed by atoms with E-state index in [1.165, 1.54) is 0 Å². The van der Waals surface area contributed by atoms with Crippen molar-refractivity contribution in [2.75, 3.05) is 18.9 Å². The van der Waals surface area contributed by atoms with Gasteiger partial charge in [-0.25, -0.2) is 9.97 Å². The summed E-state index contributed by atoms with van der Waals surface area (Å²) in [7, 11) is 0. The lowest BCUT2D eigenvalue weighted by Gasteiger charge is -2.07. The summed E-state index contributed by atoms with van der Waals surface area (Å²) in [4.78, 5) is 19.2. The zero-order valence-corrected chi connectivity index (χ0v) is 9.49. The molecule has 6 heteroatoms. The molecule has 0 bridgehead atoms. The lowest BCUT2D eigenvalue weighted by atomic mass is 10.2. The minimum atomic E-state index is -0.605. The molecular formula is C10H16N4O2. The first-order chi connectivity index (χ1) is 7.56. The SMILES string of the molecule is CCOCCc1nc(C)c(C(N)=O)c(N)n1. The van der Waals surface area contributed by atoms with Crippen LogP contribution in [0.3, 0.4) is 0 Å². The fraction of sp³-hybridized carbons (Fsp3) is 0.500. The largest absolute Gasteiger partial charge is 0.383 e. The van der Waals surface area contributed by atoms with Crippen molar-refractivity contribution in [3.05, 3.63) is 17.1 Å². The molecule has 1 heterocycles. The van der Waals surface area contributed by atoms with Crippen molar-refractivity contribution in [3.63, 3.8) is 0 Å². The molecule has 0 saturated carbocycles. The van der Waals surface area contributed by atoms with E-state index in [1.807, 2.05) is 6.92 Å². The van der Waals surface area contributed by atoms with Gasteiger partial charge in [0.05, 0.1) is 12.3 Å². The number of aryl methyl sites for hydroxylation is 1. The Bertz CT molecular complexity index is 369. The van der Waals surface area contributed by atoms with Gasteiger partial charge in [0.2, 0.25) is 0 Å². The quantitative estimate of drug-likeness (QED) is 0.687. The van der Waals surface area contributed by atoms with E-state index in [1.54, 1.807) is 6.92 Å². The molecule has 16 heavy (non-hydrogen) atoms. The van der Waals surface area contributed by atoms with Crippen molar-refractivity contribution in [2.24, 2.45) is 5.73 Å². The Kier molecular flexibility index (Phi) is 4.19. The molecular weight excluding hydrogens is 208 g/mol. The van der Waals surface area contributed by atoms with Crippen LogP contribution in [-0.2, 0) is 11.2 Å². The molecule has 0 saturated heterocycles. The molecule has 0 radical (unpaired) electrons. The Morgan fingerprint density at radius 3 is 2.62 bits per heavy atom. The van der Waals surface area contributed by atoms with Crippen molar-refractivity contribution in [1.29, 1.82) is 0 Å². The highest BCUT2D eigenvalue weighted by Gasteiger charge is 2.13. The van der Waals surface area contributed by atoms with E-state index in [0.29, 0.717) is 31.2 Å². The summed E-state index contributed by atoms with van der Waals surface area (Å²) in [5.74, 6) is 0.0892. The molecule has 0 atom stereocenters. The van der Waals surface area contributed by atoms with Crippen molar-refractivity contribution in [2.45, 2.75) is 20.3 Å². The zero-order chi connectivity index (χ0) is 12.1. The molecule has 1 amide bonds. The van der Waals surface area contributed by atoms with Gasteiger partial charge in [0, 0.05) is 13.0 Å². The molecule has 1 rings (SSSR count). The highest BCUT2D eigenvalue weighted by Crippen LogP contribution is 2.12. The molecule has 1 aromatic rings. The number of carbonyl (C=O) groups excluding carboxylic acids is 1. The van der Waals surface area contributed by atoms with Crippen molar-refractivity contribution in [3.8, 4) is 0 Å². The average Bonchev–Trinajstić information content (AvgIpc) is 2.16. The van der Waals surface area contributed by atoms with E-state index < -0.39 is 5.91 Å². The second-order valence-electron chi connectivity index (χ2n) is 3.30.